The third-order valence-corrected chi connectivity index (χ3v) is 6.81. The third kappa shape index (κ3) is 7.32. The van der Waals surface area contributed by atoms with Gasteiger partial charge in [0.25, 0.3) is 0 Å². The molecule has 0 saturated carbocycles. The van der Waals surface area contributed by atoms with Crippen LogP contribution in [0.5, 0.6) is 11.5 Å². The van der Waals surface area contributed by atoms with Crippen LogP contribution in [-0.4, -0.2) is 61.2 Å². The molecule has 2 heterocycles. The molecule has 0 spiro atoms. The van der Waals surface area contributed by atoms with Crippen molar-refractivity contribution in [2.45, 2.75) is 64.3 Å². The summed E-state index contributed by atoms with van der Waals surface area (Å²) in [6.45, 7) is 6.52. The van der Waals surface area contributed by atoms with Gasteiger partial charge in [0.2, 0.25) is 0 Å². The lowest BCUT2D eigenvalue weighted by molar-refractivity contribution is -0.154. The van der Waals surface area contributed by atoms with E-state index in [1.807, 2.05) is 0 Å². The number of ether oxygens (including phenoxy) is 6. The second-order valence-corrected chi connectivity index (χ2v) is 10.4. The number of cyclic esters (lactones) is 1. The number of esters is 2. The Kier molecular flexibility index (Phi) is 9.47. The Balaban J connectivity index is 1.77. The Morgan fingerprint density at radius 3 is 2.59 bits per heavy atom. The normalized spacial score (nSPS) is 28.2. The first-order valence-electron chi connectivity index (χ1n) is 13.3. The van der Waals surface area contributed by atoms with Crippen LogP contribution < -0.4 is 4.74 Å². The maximum absolute atomic E-state index is 16.0. The number of aromatic hydroxyl groups is 1. The zero-order valence-electron chi connectivity index (χ0n) is 23.7. The van der Waals surface area contributed by atoms with E-state index in [1.165, 1.54) is 25.3 Å². The van der Waals surface area contributed by atoms with Crippen LogP contribution in [0.3, 0.4) is 0 Å². The van der Waals surface area contributed by atoms with Gasteiger partial charge < -0.3 is 33.5 Å². The maximum atomic E-state index is 16.0. The fourth-order valence-electron chi connectivity index (χ4n) is 4.69. The number of benzene rings is 2. The fourth-order valence-corrected chi connectivity index (χ4v) is 4.69. The van der Waals surface area contributed by atoms with Crippen LogP contribution in [0, 0.1) is 5.92 Å². The van der Waals surface area contributed by atoms with Crippen molar-refractivity contribution in [3.63, 3.8) is 0 Å². The number of methoxy groups -OCH3 is 1. The summed E-state index contributed by atoms with van der Waals surface area (Å²) < 4.78 is 50.1. The molecule has 10 heteroatoms. The molecule has 9 nitrogen and oxygen atoms in total. The first-order valence-corrected chi connectivity index (χ1v) is 13.3. The lowest BCUT2D eigenvalue weighted by atomic mass is 9.98. The van der Waals surface area contributed by atoms with Crippen molar-refractivity contribution >= 4 is 18.0 Å². The monoisotopic (exact) mass is 570 g/mol. The number of phenols is 1. The fraction of sp³-hybridized carbons (Fsp3) is 0.419. The minimum Gasteiger partial charge on any atom is -0.508 e. The number of fused-ring (bicyclic) bond motifs is 2. The SMILES string of the molecule is COCOc1cc(O)cc2c1C(=O)OC(C)[C@H](C)/C=C(/F)C(OC(=O)c1ccccc1)C1OC(C)(C)OC1C/C=C/2. The van der Waals surface area contributed by atoms with Crippen LogP contribution in [0.1, 0.15) is 60.4 Å². The standard InChI is InChI=1S/C31H35FO9/c1-18-14-23(32)27(39-29(34)20-10-7-6-8-11-20)28-24(40-31(3,4)41-28)13-9-12-21-15-22(33)16-25(37-17-36-5)26(21)30(35)38-19(18)2/h6-12,14-16,18-19,24,27-28,33H,13,17H2,1-5H3/b12-9+,23-14+/t18-,19?,24?,27?,28?/m1/s1. The molecule has 0 aromatic heterocycles. The first kappa shape index (κ1) is 30.2. The Labute approximate surface area is 238 Å². The molecule has 2 aliphatic heterocycles. The van der Waals surface area contributed by atoms with E-state index in [4.69, 9.17) is 28.4 Å². The van der Waals surface area contributed by atoms with Crippen molar-refractivity contribution in [3.05, 3.63) is 77.1 Å². The average molecular weight is 571 g/mol. The van der Waals surface area contributed by atoms with E-state index >= 15 is 4.39 Å². The van der Waals surface area contributed by atoms with Crippen molar-refractivity contribution in [3.8, 4) is 11.5 Å². The van der Waals surface area contributed by atoms with Gasteiger partial charge in [-0.1, -0.05) is 37.3 Å². The van der Waals surface area contributed by atoms with Crippen molar-refractivity contribution in [1.82, 2.24) is 0 Å². The molecular formula is C31H35FO9. The van der Waals surface area contributed by atoms with Crippen LogP contribution in [0.15, 0.2) is 60.4 Å². The molecule has 0 aliphatic carbocycles. The lowest BCUT2D eigenvalue weighted by Crippen LogP contribution is -2.39. The Hall–Kier alpha value is -3.73. The predicted molar refractivity (Wildman–Crippen MR) is 147 cm³/mol. The van der Waals surface area contributed by atoms with Crippen molar-refractivity contribution < 1.29 is 47.5 Å². The smallest absolute Gasteiger partial charge is 0.342 e. The molecule has 1 fully saturated rings. The van der Waals surface area contributed by atoms with Crippen LogP contribution in [0.2, 0.25) is 0 Å². The largest absolute Gasteiger partial charge is 0.508 e. The molecule has 2 aromatic carbocycles. The first-order chi connectivity index (χ1) is 19.5. The quantitative estimate of drug-likeness (QED) is 0.364. The van der Waals surface area contributed by atoms with Gasteiger partial charge in [0.15, 0.2) is 18.7 Å². The van der Waals surface area contributed by atoms with Gasteiger partial charge in [0, 0.05) is 19.1 Å². The van der Waals surface area contributed by atoms with Crippen LogP contribution in [0.4, 0.5) is 4.39 Å². The Morgan fingerprint density at radius 1 is 1.15 bits per heavy atom. The highest BCUT2D eigenvalue weighted by atomic mass is 19.1. The predicted octanol–water partition coefficient (Wildman–Crippen LogP) is 5.57. The van der Waals surface area contributed by atoms with Gasteiger partial charge >= 0.3 is 11.9 Å². The number of halogens is 1. The summed E-state index contributed by atoms with van der Waals surface area (Å²) >= 11 is 0. The highest BCUT2D eigenvalue weighted by Crippen LogP contribution is 2.37. The molecule has 2 aromatic rings. The van der Waals surface area contributed by atoms with Crippen LogP contribution >= 0.6 is 0 Å². The van der Waals surface area contributed by atoms with E-state index in [9.17, 15) is 14.7 Å². The number of phenolic OH excluding ortho intramolecular Hbond substituents is 1. The summed E-state index contributed by atoms with van der Waals surface area (Å²) in [4.78, 5) is 26.4. The minimum atomic E-state index is -1.43. The second kappa shape index (κ2) is 12.8. The van der Waals surface area contributed by atoms with Crippen molar-refractivity contribution in [2.24, 2.45) is 5.92 Å². The molecular weight excluding hydrogens is 535 g/mol. The Morgan fingerprint density at radius 2 is 1.88 bits per heavy atom. The van der Waals surface area contributed by atoms with Crippen LogP contribution in [0.25, 0.3) is 6.08 Å². The molecule has 1 N–H and O–H groups in total. The zero-order chi connectivity index (χ0) is 29.7. The summed E-state index contributed by atoms with van der Waals surface area (Å²) in [5.74, 6) is -3.99. The van der Waals surface area contributed by atoms with Crippen LogP contribution in [-0.2, 0) is 23.7 Å². The molecule has 1 saturated heterocycles. The number of carbonyl (C=O) groups excluding carboxylic acids is 2. The number of hydrogen-bond donors (Lipinski definition) is 1. The van der Waals surface area contributed by atoms with Crippen molar-refractivity contribution in [1.29, 1.82) is 0 Å². The molecule has 0 radical (unpaired) electrons. The van der Waals surface area contributed by atoms with Gasteiger partial charge in [-0.3, -0.25) is 0 Å². The highest BCUT2D eigenvalue weighted by Gasteiger charge is 2.48. The van der Waals surface area contributed by atoms with E-state index in [0.717, 1.165) is 0 Å². The summed E-state index contributed by atoms with van der Waals surface area (Å²) in [7, 11) is 1.43. The van der Waals surface area contributed by atoms with Gasteiger partial charge in [0.05, 0.1) is 11.7 Å². The summed E-state index contributed by atoms with van der Waals surface area (Å²) in [6.07, 6.45) is 0.830. The van der Waals surface area contributed by atoms with Gasteiger partial charge in [-0.15, -0.1) is 0 Å². The molecule has 41 heavy (non-hydrogen) atoms. The molecule has 2 aliphatic rings. The summed E-state index contributed by atoms with van der Waals surface area (Å²) in [6, 6.07) is 11.0. The molecule has 0 bridgehead atoms. The topological polar surface area (TPSA) is 110 Å². The van der Waals surface area contributed by atoms with E-state index in [0.29, 0.717) is 5.56 Å². The van der Waals surface area contributed by atoms with Gasteiger partial charge in [0.1, 0.15) is 35.1 Å². The number of hydrogen-bond acceptors (Lipinski definition) is 9. The Bertz CT molecular complexity index is 1300. The lowest BCUT2D eigenvalue weighted by Gasteiger charge is -2.27. The molecule has 5 atom stereocenters. The van der Waals surface area contributed by atoms with E-state index in [-0.39, 0.29) is 35.8 Å². The maximum Gasteiger partial charge on any atom is 0.342 e. The zero-order valence-corrected chi connectivity index (χ0v) is 23.7. The third-order valence-electron chi connectivity index (χ3n) is 6.81. The summed E-state index contributed by atoms with van der Waals surface area (Å²) in [5.41, 5.74) is 0.668. The van der Waals surface area contributed by atoms with Crippen molar-refractivity contribution in [2.75, 3.05) is 13.9 Å². The summed E-state index contributed by atoms with van der Waals surface area (Å²) in [5, 5.41) is 10.3. The molecule has 4 rings (SSSR count). The number of rotatable bonds is 5. The van der Waals surface area contributed by atoms with E-state index < -0.39 is 53.9 Å². The highest BCUT2D eigenvalue weighted by molar-refractivity contribution is 5.97. The van der Waals surface area contributed by atoms with E-state index in [1.54, 1.807) is 70.2 Å². The average Bonchev–Trinajstić information content (AvgIpc) is 3.23. The van der Waals surface area contributed by atoms with Gasteiger partial charge in [-0.25, -0.2) is 14.0 Å². The second-order valence-electron chi connectivity index (χ2n) is 10.4. The number of carbonyl (C=O) groups is 2. The molecule has 220 valence electrons. The molecule has 4 unspecified atom stereocenters. The van der Waals surface area contributed by atoms with Gasteiger partial charge in [-0.05, 0) is 57.0 Å². The minimum absolute atomic E-state index is 0.0671. The van der Waals surface area contributed by atoms with Gasteiger partial charge in [-0.2, -0.15) is 0 Å². The van der Waals surface area contributed by atoms with E-state index in [2.05, 4.69) is 0 Å². The molecule has 0 amide bonds.